The zero-order valence-corrected chi connectivity index (χ0v) is 13.8. The highest BCUT2D eigenvalue weighted by atomic mass is 32.2. The fourth-order valence-corrected chi connectivity index (χ4v) is 4.85. The molecule has 0 saturated carbocycles. The molecule has 0 amide bonds. The first kappa shape index (κ1) is 15.3. The second-order valence-corrected chi connectivity index (χ2v) is 7.90. The van der Waals surface area contributed by atoms with Crippen LogP contribution in [0.2, 0.25) is 0 Å². The smallest absolute Gasteiger partial charge is 0.212 e. The van der Waals surface area contributed by atoms with Crippen molar-refractivity contribution in [1.82, 2.24) is 4.31 Å². The van der Waals surface area contributed by atoms with Crippen molar-refractivity contribution in [1.29, 1.82) is 0 Å². The number of benzene rings is 2. The van der Waals surface area contributed by atoms with E-state index in [1.54, 1.807) is 4.31 Å². The molecular weight excluding hydrogens is 294 g/mol. The van der Waals surface area contributed by atoms with Crippen LogP contribution in [-0.2, 0) is 22.2 Å². The van der Waals surface area contributed by atoms with Gasteiger partial charge in [-0.15, -0.1) is 0 Å². The van der Waals surface area contributed by atoms with Crippen LogP contribution in [0.15, 0.2) is 48.5 Å². The van der Waals surface area contributed by atoms with Gasteiger partial charge in [0.2, 0.25) is 10.0 Å². The molecule has 1 heterocycles. The van der Waals surface area contributed by atoms with E-state index in [1.807, 2.05) is 56.3 Å². The van der Waals surface area contributed by atoms with Crippen LogP contribution in [0.4, 0.5) is 0 Å². The molecule has 0 spiro atoms. The molecule has 3 rings (SSSR count). The second-order valence-electron chi connectivity index (χ2n) is 5.98. The van der Waals surface area contributed by atoms with E-state index in [0.717, 1.165) is 23.1 Å². The maximum atomic E-state index is 12.8. The minimum atomic E-state index is -3.31. The first-order chi connectivity index (χ1) is 10.5. The quantitative estimate of drug-likeness (QED) is 0.870. The van der Waals surface area contributed by atoms with E-state index in [0.29, 0.717) is 6.54 Å². The molecule has 1 aliphatic heterocycles. The summed E-state index contributed by atoms with van der Waals surface area (Å²) in [6.07, 6.45) is 0.785. The van der Waals surface area contributed by atoms with Gasteiger partial charge in [-0.1, -0.05) is 54.1 Å². The molecule has 116 valence electrons. The lowest BCUT2D eigenvalue weighted by Crippen LogP contribution is -2.39. The summed E-state index contributed by atoms with van der Waals surface area (Å²) in [5.74, 6) is 0.0692. The van der Waals surface area contributed by atoms with Crippen LogP contribution in [-0.4, -0.2) is 19.3 Å². The van der Waals surface area contributed by atoms with Gasteiger partial charge in [-0.3, -0.25) is 0 Å². The average molecular weight is 315 g/mol. The van der Waals surface area contributed by atoms with Gasteiger partial charge in [-0.2, -0.15) is 4.31 Å². The topological polar surface area (TPSA) is 37.4 Å². The fraction of sp³-hybridized carbons (Fsp3) is 0.333. The van der Waals surface area contributed by atoms with E-state index < -0.39 is 10.0 Å². The summed E-state index contributed by atoms with van der Waals surface area (Å²) in [4.78, 5) is 0. The van der Waals surface area contributed by atoms with Gasteiger partial charge in [0.1, 0.15) is 0 Å². The minimum absolute atomic E-state index is 0.0692. The van der Waals surface area contributed by atoms with Crippen molar-refractivity contribution >= 4 is 10.0 Å². The Morgan fingerprint density at radius 1 is 1.09 bits per heavy atom. The highest BCUT2D eigenvalue weighted by molar-refractivity contribution is 7.88. The van der Waals surface area contributed by atoms with Gasteiger partial charge in [0.05, 0.1) is 5.75 Å². The lowest BCUT2D eigenvalue weighted by molar-refractivity contribution is 0.326. The zero-order chi connectivity index (χ0) is 15.7. The minimum Gasteiger partial charge on any atom is -0.212 e. The summed E-state index contributed by atoms with van der Waals surface area (Å²) in [7, 11) is -3.31. The van der Waals surface area contributed by atoms with E-state index >= 15 is 0 Å². The number of fused-ring (bicyclic) bond motifs is 1. The molecule has 1 unspecified atom stereocenters. The SMILES string of the molecule is Cc1ccc(CS(=O)(=O)N2CCc3ccccc3C2C)cc1. The van der Waals surface area contributed by atoms with E-state index in [-0.39, 0.29) is 11.8 Å². The number of sulfonamides is 1. The Bertz CT molecular complexity index is 766. The van der Waals surface area contributed by atoms with Crippen molar-refractivity contribution < 1.29 is 8.42 Å². The Hall–Kier alpha value is -1.65. The third kappa shape index (κ3) is 2.94. The van der Waals surface area contributed by atoms with Gasteiger partial charge in [0.15, 0.2) is 0 Å². The maximum Gasteiger partial charge on any atom is 0.218 e. The number of aryl methyl sites for hydroxylation is 1. The normalized spacial score (nSPS) is 18.9. The maximum absolute atomic E-state index is 12.8. The molecule has 0 bridgehead atoms. The summed E-state index contributed by atoms with van der Waals surface area (Å²) in [5, 5.41) is 0. The van der Waals surface area contributed by atoms with Crippen molar-refractivity contribution in [3.05, 3.63) is 70.8 Å². The first-order valence-electron chi connectivity index (χ1n) is 7.60. The standard InChI is InChI=1S/C18H21NO2S/c1-14-7-9-16(10-8-14)13-22(20,21)19-12-11-17-5-3-4-6-18(17)15(19)2/h3-10,15H,11-13H2,1-2H3. The predicted octanol–water partition coefficient (Wildman–Crippen LogP) is 3.44. The molecule has 0 aliphatic carbocycles. The van der Waals surface area contributed by atoms with Gasteiger partial charge in [-0.05, 0) is 37.0 Å². The van der Waals surface area contributed by atoms with E-state index in [4.69, 9.17) is 0 Å². The highest BCUT2D eigenvalue weighted by Crippen LogP contribution is 2.32. The van der Waals surface area contributed by atoms with Crippen molar-refractivity contribution in [3.63, 3.8) is 0 Å². The largest absolute Gasteiger partial charge is 0.218 e. The van der Waals surface area contributed by atoms with Crippen molar-refractivity contribution in [2.45, 2.75) is 32.1 Å². The van der Waals surface area contributed by atoms with Crippen molar-refractivity contribution in [2.75, 3.05) is 6.54 Å². The Morgan fingerprint density at radius 2 is 1.77 bits per heavy atom. The van der Waals surface area contributed by atoms with Crippen LogP contribution in [0, 0.1) is 6.92 Å². The molecule has 3 nitrogen and oxygen atoms in total. The van der Waals surface area contributed by atoms with Crippen LogP contribution in [0.3, 0.4) is 0 Å². The van der Waals surface area contributed by atoms with Gasteiger partial charge in [0.25, 0.3) is 0 Å². The zero-order valence-electron chi connectivity index (χ0n) is 13.0. The summed E-state index contributed by atoms with van der Waals surface area (Å²) in [5.41, 5.74) is 4.37. The highest BCUT2D eigenvalue weighted by Gasteiger charge is 2.32. The summed E-state index contributed by atoms with van der Waals surface area (Å²) in [6.45, 7) is 4.54. The lowest BCUT2D eigenvalue weighted by atomic mass is 9.96. The predicted molar refractivity (Wildman–Crippen MR) is 89.1 cm³/mol. The summed E-state index contributed by atoms with van der Waals surface area (Å²) >= 11 is 0. The van der Waals surface area contributed by atoms with Crippen LogP contribution in [0.25, 0.3) is 0 Å². The van der Waals surface area contributed by atoms with Gasteiger partial charge in [-0.25, -0.2) is 8.42 Å². The van der Waals surface area contributed by atoms with Crippen molar-refractivity contribution in [2.24, 2.45) is 0 Å². The lowest BCUT2D eigenvalue weighted by Gasteiger charge is -2.34. The first-order valence-corrected chi connectivity index (χ1v) is 9.21. The van der Waals surface area contributed by atoms with Crippen LogP contribution in [0.5, 0.6) is 0 Å². The van der Waals surface area contributed by atoms with Crippen LogP contribution >= 0.6 is 0 Å². The molecule has 22 heavy (non-hydrogen) atoms. The Morgan fingerprint density at radius 3 is 2.50 bits per heavy atom. The second kappa shape index (κ2) is 5.86. The number of nitrogens with zero attached hydrogens (tertiary/aromatic N) is 1. The Balaban J connectivity index is 1.85. The number of rotatable bonds is 3. The average Bonchev–Trinajstić information content (AvgIpc) is 2.50. The molecule has 4 heteroatoms. The monoisotopic (exact) mass is 315 g/mol. The third-order valence-corrected chi connectivity index (χ3v) is 6.28. The third-order valence-electron chi connectivity index (χ3n) is 4.37. The summed E-state index contributed by atoms with van der Waals surface area (Å²) in [6, 6.07) is 15.7. The molecule has 0 fully saturated rings. The van der Waals surface area contributed by atoms with Crippen LogP contribution < -0.4 is 0 Å². The molecule has 0 aromatic heterocycles. The molecule has 0 N–H and O–H groups in total. The molecule has 1 atom stereocenters. The fourth-order valence-electron chi connectivity index (χ4n) is 3.11. The molecule has 1 aliphatic rings. The van der Waals surface area contributed by atoms with Crippen molar-refractivity contribution in [3.8, 4) is 0 Å². The molecule has 2 aromatic rings. The van der Waals surface area contributed by atoms with Gasteiger partial charge < -0.3 is 0 Å². The Kier molecular flexibility index (Phi) is 4.06. The molecule has 0 saturated heterocycles. The van der Waals surface area contributed by atoms with E-state index in [9.17, 15) is 8.42 Å². The van der Waals surface area contributed by atoms with E-state index in [2.05, 4.69) is 6.07 Å². The number of hydrogen-bond donors (Lipinski definition) is 0. The van der Waals surface area contributed by atoms with Gasteiger partial charge >= 0.3 is 0 Å². The van der Waals surface area contributed by atoms with Crippen LogP contribution in [0.1, 0.15) is 35.2 Å². The Labute approximate surface area is 132 Å². The molecule has 2 aromatic carbocycles. The van der Waals surface area contributed by atoms with Gasteiger partial charge in [0, 0.05) is 12.6 Å². The summed E-state index contributed by atoms with van der Waals surface area (Å²) < 4.78 is 27.2. The molecular formula is C18H21NO2S. The van der Waals surface area contributed by atoms with E-state index in [1.165, 1.54) is 5.56 Å². The molecule has 0 radical (unpaired) electrons. The number of hydrogen-bond acceptors (Lipinski definition) is 2.